The topological polar surface area (TPSA) is 108 Å². The maximum atomic E-state index is 12.6. The van der Waals surface area contributed by atoms with Crippen LogP contribution in [0.4, 0.5) is 5.69 Å². The zero-order chi connectivity index (χ0) is 19.7. The summed E-state index contributed by atoms with van der Waals surface area (Å²) in [6, 6.07) is 9.93. The van der Waals surface area contributed by atoms with E-state index in [0.717, 1.165) is 15.1 Å². The van der Waals surface area contributed by atoms with Gasteiger partial charge in [0.15, 0.2) is 11.5 Å². The number of rotatable bonds is 5. The monoisotopic (exact) mass is 398 g/mol. The van der Waals surface area contributed by atoms with Crippen LogP contribution in [-0.4, -0.2) is 22.5 Å². The van der Waals surface area contributed by atoms with Crippen molar-refractivity contribution in [2.45, 2.75) is 19.5 Å². The summed E-state index contributed by atoms with van der Waals surface area (Å²) in [7, 11) is 0. The van der Waals surface area contributed by atoms with Crippen molar-refractivity contribution in [1.29, 1.82) is 0 Å². The highest BCUT2D eigenvalue weighted by Crippen LogP contribution is 2.32. The van der Waals surface area contributed by atoms with Crippen molar-refractivity contribution in [2.24, 2.45) is 0 Å². The molecule has 0 spiro atoms. The van der Waals surface area contributed by atoms with Crippen LogP contribution in [0.2, 0.25) is 0 Å². The molecule has 9 heteroatoms. The van der Waals surface area contributed by atoms with Crippen molar-refractivity contribution in [3.8, 4) is 22.1 Å². The number of anilines is 1. The summed E-state index contributed by atoms with van der Waals surface area (Å²) in [6.45, 7) is 2.09. The molecule has 0 aliphatic carbocycles. The Labute approximate surface area is 164 Å². The van der Waals surface area contributed by atoms with Crippen LogP contribution >= 0.6 is 11.3 Å². The second-order valence-electron chi connectivity index (χ2n) is 6.29. The summed E-state index contributed by atoms with van der Waals surface area (Å²) in [5.41, 5.74) is 6.83. The average molecular weight is 398 g/mol. The standard InChI is InChI=1S/C19H18N4O4S/c1-11(18(24)21-9-12-4-5-15-16(7-12)27-10-26-15)23-19(25)13(20)8-14(22-23)17-3-2-6-28-17/h2-8,11H,9-10,20H2,1H3,(H,21,24)/t11-/m0/s1. The number of benzene rings is 1. The van der Waals surface area contributed by atoms with E-state index in [1.54, 1.807) is 13.0 Å². The molecule has 1 atom stereocenters. The molecule has 144 valence electrons. The van der Waals surface area contributed by atoms with Gasteiger partial charge in [0.2, 0.25) is 12.7 Å². The minimum absolute atomic E-state index is 0.0498. The molecule has 0 saturated heterocycles. The van der Waals surface area contributed by atoms with Gasteiger partial charge in [0.1, 0.15) is 17.4 Å². The van der Waals surface area contributed by atoms with E-state index in [9.17, 15) is 9.59 Å². The lowest BCUT2D eigenvalue weighted by molar-refractivity contribution is -0.124. The number of amides is 1. The molecule has 2 aromatic heterocycles. The van der Waals surface area contributed by atoms with Gasteiger partial charge < -0.3 is 20.5 Å². The van der Waals surface area contributed by atoms with E-state index in [-0.39, 0.29) is 24.9 Å². The van der Waals surface area contributed by atoms with Gasteiger partial charge in [-0.15, -0.1) is 11.3 Å². The first-order valence-corrected chi connectivity index (χ1v) is 9.50. The quantitative estimate of drug-likeness (QED) is 0.682. The Balaban J connectivity index is 1.51. The molecule has 3 N–H and O–H groups in total. The lowest BCUT2D eigenvalue weighted by Gasteiger charge is -2.15. The maximum Gasteiger partial charge on any atom is 0.290 e. The number of fused-ring (bicyclic) bond motifs is 1. The zero-order valence-electron chi connectivity index (χ0n) is 15.0. The second kappa shape index (κ2) is 7.35. The van der Waals surface area contributed by atoms with Crippen LogP contribution in [0.1, 0.15) is 18.5 Å². The fourth-order valence-electron chi connectivity index (χ4n) is 2.84. The van der Waals surface area contributed by atoms with Gasteiger partial charge in [-0.05, 0) is 42.1 Å². The first kappa shape index (κ1) is 18.1. The number of aromatic nitrogens is 2. The number of nitrogens with zero attached hydrogens (tertiary/aromatic N) is 2. The smallest absolute Gasteiger partial charge is 0.290 e. The van der Waals surface area contributed by atoms with Crippen molar-refractivity contribution < 1.29 is 14.3 Å². The maximum absolute atomic E-state index is 12.6. The first-order chi connectivity index (χ1) is 13.5. The lowest BCUT2D eigenvalue weighted by Crippen LogP contribution is -2.37. The Hall–Kier alpha value is -3.33. The zero-order valence-corrected chi connectivity index (χ0v) is 15.9. The third kappa shape index (κ3) is 3.44. The second-order valence-corrected chi connectivity index (χ2v) is 7.24. The van der Waals surface area contributed by atoms with Gasteiger partial charge in [-0.1, -0.05) is 12.1 Å². The third-order valence-electron chi connectivity index (χ3n) is 4.39. The van der Waals surface area contributed by atoms with E-state index in [4.69, 9.17) is 15.2 Å². The Morgan fingerprint density at radius 3 is 2.93 bits per heavy atom. The van der Waals surface area contributed by atoms with Crippen molar-refractivity contribution >= 4 is 22.9 Å². The summed E-state index contributed by atoms with van der Waals surface area (Å²) >= 11 is 1.48. The molecule has 1 aromatic carbocycles. The van der Waals surface area contributed by atoms with Gasteiger partial charge in [0.25, 0.3) is 5.56 Å². The predicted octanol–water partition coefficient (Wildman–Crippen LogP) is 2.16. The summed E-state index contributed by atoms with van der Waals surface area (Å²) in [5.74, 6) is 0.990. The molecule has 3 heterocycles. The number of nitrogens with one attached hydrogen (secondary N) is 1. The van der Waals surface area contributed by atoms with Crippen LogP contribution in [0.25, 0.3) is 10.6 Å². The van der Waals surface area contributed by atoms with Crippen molar-refractivity contribution in [3.63, 3.8) is 0 Å². The lowest BCUT2D eigenvalue weighted by atomic mass is 10.2. The molecule has 0 bridgehead atoms. The Morgan fingerprint density at radius 1 is 1.32 bits per heavy atom. The van der Waals surface area contributed by atoms with Crippen molar-refractivity contribution in [3.05, 3.63) is 57.7 Å². The van der Waals surface area contributed by atoms with E-state index >= 15 is 0 Å². The number of thiophene rings is 1. The minimum atomic E-state index is -0.816. The number of hydrogen-bond acceptors (Lipinski definition) is 7. The Kier molecular flexibility index (Phi) is 4.74. The minimum Gasteiger partial charge on any atom is -0.454 e. The highest BCUT2D eigenvalue weighted by atomic mass is 32.1. The number of hydrogen-bond donors (Lipinski definition) is 2. The molecule has 8 nitrogen and oxygen atoms in total. The Bertz CT molecular complexity index is 1080. The molecule has 1 aliphatic rings. The molecule has 28 heavy (non-hydrogen) atoms. The Morgan fingerprint density at radius 2 is 2.14 bits per heavy atom. The van der Waals surface area contributed by atoms with E-state index in [1.807, 2.05) is 29.6 Å². The first-order valence-electron chi connectivity index (χ1n) is 8.62. The van der Waals surface area contributed by atoms with Crippen molar-refractivity contribution in [1.82, 2.24) is 15.1 Å². The molecular weight excluding hydrogens is 380 g/mol. The fraction of sp³-hybridized carbons (Fsp3) is 0.211. The molecule has 0 saturated carbocycles. The van der Waals surface area contributed by atoms with Crippen LogP contribution < -0.4 is 26.1 Å². The molecule has 1 aliphatic heterocycles. The fourth-order valence-corrected chi connectivity index (χ4v) is 3.52. The highest BCUT2D eigenvalue weighted by molar-refractivity contribution is 7.13. The molecule has 3 aromatic rings. The summed E-state index contributed by atoms with van der Waals surface area (Å²) < 4.78 is 11.7. The van der Waals surface area contributed by atoms with E-state index in [0.29, 0.717) is 17.2 Å². The molecule has 0 radical (unpaired) electrons. The van der Waals surface area contributed by atoms with Crippen LogP contribution in [-0.2, 0) is 11.3 Å². The van der Waals surface area contributed by atoms with Gasteiger partial charge in [-0.2, -0.15) is 5.10 Å². The normalized spacial score (nSPS) is 13.3. The van der Waals surface area contributed by atoms with Gasteiger partial charge in [0, 0.05) is 6.54 Å². The SMILES string of the molecule is C[C@@H](C(=O)NCc1ccc2c(c1)OCO2)n1nc(-c2cccs2)cc(N)c1=O. The average Bonchev–Trinajstić information content (AvgIpc) is 3.39. The van der Waals surface area contributed by atoms with E-state index in [2.05, 4.69) is 10.4 Å². The molecule has 1 amide bonds. The van der Waals surface area contributed by atoms with Gasteiger partial charge in [-0.25, -0.2) is 4.68 Å². The van der Waals surface area contributed by atoms with Crippen molar-refractivity contribution in [2.75, 3.05) is 12.5 Å². The van der Waals surface area contributed by atoms with Crippen LogP contribution in [0.5, 0.6) is 11.5 Å². The molecular formula is C19H18N4O4S. The summed E-state index contributed by atoms with van der Waals surface area (Å²) in [6.07, 6.45) is 0. The highest BCUT2D eigenvalue weighted by Gasteiger charge is 2.20. The van der Waals surface area contributed by atoms with Gasteiger partial charge in [-0.3, -0.25) is 9.59 Å². The van der Waals surface area contributed by atoms with E-state index < -0.39 is 11.6 Å². The third-order valence-corrected chi connectivity index (χ3v) is 5.28. The van der Waals surface area contributed by atoms with Crippen LogP contribution in [0.15, 0.2) is 46.6 Å². The van der Waals surface area contributed by atoms with Crippen LogP contribution in [0.3, 0.4) is 0 Å². The van der Waals surface area contributed by atoms with Gasteiger partial charge in [0.05, 0.1) is 4.88 Å². The number of carbonyl (C=O) groups excluding carboxylic acids is 1. The van der Waals surface area contributed by atoms with E-state index in [1.165, 1.54) is 17.4 Å². The number of ether oxygens (including phenoxy) is 2. The number of nitrogens with two attached hydrogens (primary N) is 1. The molecule has 4 rings (SSSR count). The summed E-state index contributed by atoms with van der Waals surface area (Å²) in [4.78, 5) is 25.9. The summed E-state index contributed by atoms with van der Waals surface area (Å²) in [5, 5.41) is 9.06. The molecule has 0 fully saturated rings. The molecule has 0 unspecified atom stereocenters. The largest absolute Gasteiger partial charge is 0.454 e. The number of carbonyl (C=O) groups is 1. The number of nitrogen functional groups attached to an aromatic ring is 1. The van der Waals surface area contributed by atoms with Gasteiger partial charge >= 0.3 is 0 Å². The predicted molar refractivity (Wildman–Crippen MR) is 105 cm³/mol. The van der Waals surface area contributed by atoms with Crippen LogP contribution in [0, 0.1) is 0 Å².